The molecule has 5 heteroatoms. The highest BCUT2D eigenvalue weighted by Gasteiger charge is 2.26. The van der Waals surface area contributed by atoms with E-state index in [4.69, 9.17) is 11.6 Å². The minimum absolute atomic E-state index is 0.136. The van der Waals surface area contributed by atoms with Gasteiger partial charge < -0.3 is 12.9 Å². The number of rotatable bonds is 2. The molecule has 14 heavy (non-hydrogen) atoms. The molecule has 0 heterocycles. The van der Waals surface area contributed by atoms with Crippen LogP contribution in [-0.4, -0.2) is 6.98 Å². The standard InChI is InChI=1S/C9H10BClF3/c1-6(2)8-4-3-7(5-9(8)11)10(12,13)14/h3-6H,1-2H3/q-1. The molecule has 0 fully saturated rings. The van der Waals surface area contributed by atoms with E-state index < -0.39 is 12.4 Å². The molecule has 0 radical (unpaired) electrons. The van der Waals surface area contributed by atoms with Gasteiger partial charge in [0.05, 0.1) is 0 Å². The molecule has 78 valence electrons. The highest BCUT2D eigenvalue weighted by molar-refractivity contribution is 6.73. The van der Waals surface area contributed by atoms with Crippen molar-refractivity contribution in [3.05, 3.63) is 28.8 Å². The summed E-state index contributed by atoms with van der Waals surface area (Å²) in [5.41, 5.74) is 0.106. The van der Waals surface area contributed by atoms with Crippen molar-refractivity contribution in [3.8, 4) is 0 Å². The van der Waals surface area contributed by atoms with Crippen LogP contribution in [0.1, 0.15) is 25.3 Å². The second-order valence-corrected chi connectivity index (χ2v) is 3.92. The van der Waals surface area contributed by atoms with Crippen molar-refractivity contribution in [2.75, 3.05) is 0 Å². The van der Waals surface area contributed by atoms with E-state index in [9.17, 15) is 12.9 Å². The van der Waals surface area contributed by atoms with E-state index in [1.807, 2.05) is 13.8 Å². The summed E-state index contributed by atoms with van der Waals surface area (Å²) < 4.78 is 36.9. The lowest BCUT2D eigenvalue weighted by Crippen LogP contribution is -2.33. The minimum Gasteiger partial charge on any atom is -0.445 e. The monoisotopic (exact) mass is 221 g/mol. The quantitative estimate of drug-likeness (QED) is 0.670. The highest BCUT2D eigenvalue weighted by atomic mass is 35.5. The van der Waals surface area contributed by atoms with Crippen LogP contribution in [0.15, 0.2) is 18.2 Å². The van der Waals surface area contributed by atoms with E-state index in [0.717, 1.165) is 17.7 Å². The molecule has 0 amide bonds. The van der Waals surface area contributed by atoms with Gasteiger partial charge >= 0.3 is 6.98 Å². The zero-order chi connectivity index (χ0) is 10.9. The maximum Gasteiger partial charge on any atom is 0.509 e. The zero-order valence-corrected chi connectivity index (χ0v) is 8.65. The zero-order valence-electron chi connectivity index (χ0n) is 7.90. The van der Waals surface area contributed by atoms with Crippen LogP contribution in [0.25, 0.3) is 0 Å². The summed E-state index contributed by atoms with van der Waals surface area (Å²) in [6.07, 6.45) is 0. The van der Waals surface area contributed by atoms with E-state index >= 15 is 0 Å². The van der Waals surface area contributed by atoms with Crippen LogP contribution in [0.4, 0.5) is 12.9 Å². The van der Waals surface area contributed by atoms with Crippen molar-refractivity contribution < 1.29 is 12.9 Å². The topological polar surface area (TPSA) is 0 Å². The van der Waals surface area contributed by atoms with Gasteiger partial charge in [-0.1, -0.05) is 43.6 Å². The summed E-state index contributed by atoms with van der Waals surface area (Å²) in [6.45, 7) is -1.17. The first-order valence-corrected chi connectivity index (χ1v) is 4.69. The maximum absolute atomic E-state index is 12.3. The Morgan fingerprint density at radius 2 is 1.79 bits per heavy atom. The predicted octanol–water partition coefficient (Wildman–Crippen LogP) is 3.52. The van der Waals surface area contributed by atoms with Crippen molar-refractivity contribution >= 4 is 24.0 Å². The Morgan fingerprint density at radius 1 is 1.21 bits per heavy atom. The average molecular weight is 221 g/mol. The molecule has 0 aliphatic rings. The number of hydrogen-bond donors (Lipinski definition) is 0. The second-order valence-electron chi connectivity index (χ2n) is 3.51. The Bertz CT molecular complexity index is 333. The fourth-order valence-electron chi connectivity index (χ4n) is 1.22. The van der Waals surface area contributed by atoms with E-state index in [2.05, 4.69) is 0 Å². The van der Waals surface area contributed by atoms with E-state index in [0.29, 0.717) is 0 Å². The van der Waals surface area contributed by atoms with Crippen molar-refractivity contribution in [3.63, 3.8) is 0 Å². The summed E-state index contributed by atoms with van der Waals surface area (Å²) in [7, 11) is 0. The summed E-state index contributed by atoms with van der Waals surface area (Å²) >= 11 is 5.74. The predicted molar refractivity (Wildman–Crippen MR) is 54.3 cm³/mol. The molecule has 0 aromatic heterocycles. The van der Waals surface area contributed by atoms with Gasteiger partial charge in [-0.05, 0) is 11.5 Å². The first-order chi connectivity index (χ1) is 6.32. The average Bonchev–Trinajstić information content (AvgIpc) is 2.01. The summed E-state index contributed by atoms with van der Waals surface area (Å²) in [5.74, 6) is 0.136. The van der Waals surface area contributed by atoms with Crippen molar-refractivity contribution in [1.29, 1.82) is 0 Å². The Balaban J connectivity index is 3.13. The molecule has 0 aliphatic heterocycles. The van der Waals surface area contributed by atoms with Gasteiger partial charge in [-0.2, -0.15) is 0 Å². The first-order valence-electron chi connectivity index (χ1n) is 4.31. The molecule has 0 aliphatic carbocycles. The second kappa shape index (κ2) is 3.85. The van der Waals surface area contributed by atoms with Gasteiger partial charge in [-0.25, -0.2) is 0 Å². The van der Waals surface area contributed by atoms with Gasteiger partial charge in [-0.3, -0.25) is 0 Å². The number of benzene rings is 1. The normalized spacial score (nSPS) is 12.2. The lowest BCUT2D eigenvalue weighted by molar-refractivity contribution is 0.501. The van der Waals surface area contributed by atoms with E-state index in [-0.39, 0.29) is 10.9 Å². The molecule has 0 nitrogen and oxygen atoms in total. The van der Waals surface area contributed by atoms with E-state index in [1.54, 1.807) is 0 Å². The van der Waals surface area contributed by atoms with Gasteiger partial charge in [0, 0.05) is 5.02 Å². The lowest BCUT2D eigenvalue weighted by Gasteiger charge is -2.17. The summed E-state index contributed by atoms with van der Waals surface area (Å²) in [5, 5.41) is 0.191. The van der Waals surface area contributed by atoms with Gasteiger partial charge in [0.1, 0.15) is 0 Å². The van der Waals surface area contributed by atoms with Crippen LogP contribution in [0.2, 0.25) is 5.02 Å². The molecule has 1 aromatic rings. The molecule has 0 bridgehead atoms. The maximum atomic E-state index is 12.3. The molecule has 1 aromatic carbocycles. The molecule has 0 unspecified atom stereocenters. The van der Waals surface area contributed by atoms with Crippen molar-refractivity contribution in [1.82, 2.24) is 0 Å². The SMILES string of the molecule is CC(C)c1ccc([B-](F)(F)F)cc1Cl. The molecular formula is C9H10BClF3-. The van der Waals surface area contributed by atoms with Gasteiger partial charge in [0.2, 0.25) is 0 Å². The molecule has 0 N–H and O–H groups in total. The van der Waals surface area contributed by atoms with Crippen LogP contribution in [-0.2, 0) is 0 Å². The fourth-order valence-corrected chi connectivity index (χ4v) is 1.62. The molecule has 0 spiro atoms. The highest BCUT2D eigenvalue weighted by Crippen LogP contribution is 2.24. The Labute approximate surface area is 86.1 Å². The Hall–Kier alpha value is -0.635. The molecule has 0 saturated carbocycles. The molecule has 1 rings (SSSR count). The van der Waals surface area contributed by atoms with Crippen LogP contribution >= 0.6 is 11.6 Å². The van der Waals surface area contributed by atoms with Gasteiger partial charge in [-0.15, -0.1) is 5.46 Å². The fraction of sp³-hybridized carbons (Fsp3) is 0.333. The van der Waals surface area contributed by atoms with Crippen LogP contribution in [0.5, 0.6) is 0 Å². The summed E-state index contributed by atoms with van der Waals surface area (Å²) in [4.78, 5) is 0. The summed E-state index contributed by atoms with van der Waals surface area (Å²) in [6, 6.07) is 3.52. The third-order valence-electron chi connectivity index (χ3n) is 2.02. The first kappa shape index (κ1) is 11.4. The largest absolute Gasteiger partial charge is 0.509 e. The van der Waals surface area contributed by atoms with Crippen LogP contribution in [0, 0.1) is 0 Å². The number of hydrogen-bond acceptors (Lipinski definition) is 0. The van der Waals surface area contributed by atoms with E-state index in [1.165, 1.54) is 6.07 Å². The Morgan fingerprint density at radius 3 is 2.14 bits per heavy atom. The number of halogens is 4. The van der Waals surface area contributed by atoms with Crippen LogP contribution in [0.3, 0.4) is 0 Å². The third kappa shape index (κ3) is 2.44. The molecule has 0 atom stereocenters. The third-order valence-corrected chi connectivity index (χ3v) is 2.35. The van der Waals surface area contributed by atoms with Gasteiger partial charge in [0.25, 0.3) is 0 Å². The van der Waals surface area contributed by atoms with Crippen molar-refractivity contribution in [2.24, 2.45) is 0 Å². The minimum atomic E-state index is -4.94. The lowest BCUT2D eigenvalue weighted by atomic mass is 9.79. The Kier molecular flexibility index (Phi) is 3.15. The van der Waals surface area contributed by atoms with Crippen LogP contribution < -0.4 is 5.46 Å². The van der Waals surface area contributed by atoms with Crippen molar-refractivity contribution in [2.45, 2.75) is 19.8 Å². The smallest absolute Gasteiger partial charge is 0.445 e. The van der Waals surface area contributed by atoms with Gasteiger partial charge in [0.15, 0.2) is 0 Å². The molecular weight excluding hydrogens is 211 g/mol. The molecule has 0 saturated heterocycles.